The highest BCUT2D eigenvalue weighted by Crippen LogP contribution is 2.11. The second-order valence-electron chi connectivity index (χ2n) is 4.99. The zero-order valence-corrected chi connectivity index (χ0v) is 12.3. The van der Waals surface area contributed by atoms with E-state index >= 15 is 0 Å². The molecule has 0 fully saturated rings. The summed E-state index contributed by atoms with van der Waals surface area (Å²) in [7, 11) is 0. The Labute approximate surface area is 117 Å². The largest absolute Gasteiger partial charge is 0.435 e. The van der Waals surface area contributed by atoms with Crippen molar-refractivity contribution < 1.29 is 13.9 Å². The first-order chi connectivity index (χ1) is 9.27. The Kier molecular flexibility index (Phi) is 14.5. The first kappa shape index (κ1) is 18.1. The quantitative estimate of drug-likeness (QED) is 0.257. The third-order valence-electron chi connectivity index (χ3n) is 3.08. The minimum absolute atomic E-state index is 0.161. The molecular weight excluding hydrogens is 243 g/mol. The van der Waals surface area contributed by atoms with E-state index < -0.39 is 0 Å². The summed E-state index contributed by atoms with van der Waals surface area (Å²) in [5.74, 6) is -0.261. The Morgan fingerprint density at radius 1 is 0.895 bits per heavy atom. The molecule has 0 aromatic heterocycles. The first-order valence-electron chi connectivity index (χ1n) is 7.65. The SMILES string of the molecule is CC(=O)O/C=C/CCCCCCCCCCCCF. The van der Waals surface area contributed by atoms with E-state index in [2.05, 4.69) is 0 Å². The number of alkyl halides is 1. The van der Waals surface area contributed by atoms with Crippen LogP contribution in [0.1, 0.15) is 77.6 Å². The van der Waals surface area contributed by atoms with Crippen LogP contribution < -0.4 is 0 Å². The van der Waals surface area contributed by atoms with Crippen LogP contribution >= 0.6 is 0 Å². The van der Waals surface area contributed by atoms with Gasteiger partial charge in [-0.05, 0) is 25.3 Å². The number of carbonyl (C=O) groups is 1. The maximum atomic E-state index is 11.8. The fourth-order valence-electron chi connectivity index (χ4n) is 1.98. The van der Waals surface area contributed by atoms with E-state index in [1.807, 2.05) is 6.08 Å². The molecule has 0 rings (SSSR count). The molecule has 2 nitrogen and oxygen atoms in total. The van der Waals surface area contributed by atoms with Crippen molar-refractivity contribution >= 4 is 5.97 Å². The van der Waals surface area contributed by atoms with Crippen molar-refractivity contribution in [2.24, 2.45) is 0 Å². The van der Waals surface area contributed by atoms with Crippen molar-refractivity contribution in [1.82, 2.24) is 0 Å². The average molecular weight is 272 g/mol. The lowest BCUT2D eigenvalue weighted by molar-refractivity contribution is -0.135. The molecular formula is C16H29FO2. The van der Waals surface area contributed by atoms with Gasteiger partial charge in [0.15, 0.2) is 0 Å². The Morgan fingerprint density at radius 3 is 1.84 bits per heavy atom. The molecule has 0 aliphatic carbocycles. The lowest BCUT2D eigenvalue weighted by Crippen LogP contribution is -1.89. The summed E-state index contributed by atoms with van der Waals surface area (Å²) >= 11 is 0. The molecule has 19 heavy (non-hydrogen) atoms. The normalized spacial score (nSPS) is 11.1. The summed E-state index contributed by atoms with van der Waals surface area (Å²) in [4.78, 5) is 10.5. The van der Waals surface area contributed by atoms with Gasteiger partial charge >= 0.3 is 5.97 Å². The standard InChI is InChI=1S/C16H29FO2/c1-16(18)19-15-13-11-9-7-5-3-2-4-6-8-10-12-14-17/h13,15H,2-12,14H2,1H3/b15-13+. The van der Waals surface area contributed by atoms with E-state index in [1.165, 1.54) is 58.1 Å². The Hall–Kier alpha value is -0.860. The van der Waals surface area contributed by atoms with Gasteiger partial charge in [-0.1, -0.05) is 51.4 Å². The molecule has 0 spiro atoms. The summed E-state index contributed by atoms with van der Waals surface area (Å²) < 4.78 is 16.5. The molecule has 0 aliphatic heterocycles. The molecule has 0 amide bonds. The van der Waals surface area contributed by atoms with Gasteiger partial charge in [-0.3, -0.25) is 9.18 Å². The third-order valence-corrected chi connectivity index (χ3v) is 3.08. The van der Waals surface area contributed by atoms with Gasteiger partial charge in [-0.25, -0.2) is 0 Å². The summed E-state index contributed by atoms with van der Waals surface area (Å²) in [6.45, 7) is 1.24. The molecule has 0 aromatic carbocycles. The Morgan fingerprint density at radius 2 is 1.37 bits per heavy atom. The highest BCUT2D eigenvalue weighted by atomic mass is 19.1. The fourth-order valence-corrected chi connectivity index (χ4v) is 1.98. The molecule has 112 valence electrons. The van der Waals surface area contributed by atoms with Crippen LogP contribution in [0.4, 0.5) is 4.39 Å². The molecule has 0 heterocycles. The molecule has 0 aromatic rings. The van der Waals surface area contributed by atoms with Crippen LogP contribution in [-0.4, -0.2) is 12.6 Å². The van der Waals surface area contributed by atoms with Gasteiger partial charge < -0.3 is 4.74 Å². The molecule has 0 saturated carbocycles. The molecule has 0 bridgehead atoms. The maximum absolute atomic E-state index is 11.8. The molecule has 3 heteroatoms. The first-order valence-corrected chi connectivity index (χ1v) is 7.65. The lowest BCUT2D eigenvalue weighted by atomic mass is 10.1. The van der Waals surface area contributed by atoms with Gasteiger partial charge in [0, 0.05) is 6.92 Å². The van der Waals surface area contributed by atoms with Crippen LogP contribution in [0.3, 0.4) is 0 Å². The summed E-state index contributed by atoms with van der Waals surface area (Å²) in [6, 6.07) is 0. The summed E-state index contributed by atoms with van der Waals surface area (Å²) in [6.07, 6.45) is 16.2. The monoisotopic (exact) mass is 272 g/mol. The number of ether oxygens (including phenoxy) is 1. The Balaban J connectivity index is 3.02. The molecule has 0 saturated heterocycles. The van der Waals surface area contributed by atoms with Crippen molar-refractivity contribution in [2.75, 3.05) is 6.67 Å². The van der Waals surface area contributed by atoms with Crippen molar-refractivity contribution in [3.8, 4) is 0 Å². The van der Waals surface area contributed by atoms with E-state index in [0.717, 1.165) is 25.7 Å². The summed E-state index contributed by atoms with van der Waals surface area (Å²) in [5.41, 5.74) is 0. The minimum Gasteiger partial charge on any atom is -0.435 e. The highest BCUT2D eigenvalue weighted by Gasteiger charge is 1.93. The van der Waals surface area contributed by atoms with Crippen molar-refractivity contribution in [3.05, 3.63) is 12.3 Å². The van der Waals surface area contributed by atoms with Gasteiger partial charge in [0.1, 0.15) is 0 Å². The Bertz CT molecular complexity index is 227. The maximum Gasteiger partial charge on any atom is 0.307 e. The number of carbonyl (C=O) groups excluding carboxylic acids is 1. The predicted molar refractivity (Wildman–Crippen MR) is 77.7 cm³/mol. The van der Waals surface area contributed by atoms with E-state index in [4.69, 9.17) is 4.74 Å². The highest BCUT2D eigenvalue weighted by molar-refractivity contribution is 5.66. The van der Waals surface area contributed by atoms with Gasteiger partial charge in [-0.2, -0.15) is 0 Å². The van der Waals surface area contributed by atoms with E-state index in [9.17, 15) is 9.18 Å². The molecule has 0 radical (unpaired) electrons. The van der Waals surface area contributed by atoms with Crippen molar-refractivity contribution in [3.63, 3.8) is 0 Å². The molecule has 0 N–H and O–H groups in total. The van der Waals surface area contributed by atoms with Gasteiger partial charge in [0.25, 0.3) is 0 Å². The smallest absolute Gasteiger partial charge is 0.307 e. The average Bonchev–Trinajstić information content (AvgIpc) is 2.39. The predicted octanol–water partition coefficient (Wildman–Crippen LogP) is 5.32. The number of rotatable bonds is 13. The van der Waals surface area contributed by atoms with E-state index in [0.29, 0.717) is 0 Å². The van der Waals surface area contributed by atoms with Crippen LogP contribution in [-0.2, 0) is 9.53 Å². The van der Waals surface area contributed by atoms with Crippen LogP contribution in [0.25, 0.3) is 0 Å². The number of hydrogen-bond donors (Lipinski definition) is 0. The number of allylic oxidation sites excluding steroid dienone is 1. The van der Waals surface area contributed by atoms with Crippen LogP contribution in [0.2, 0.25) is 0 Å². The fraction of sp³-hybridized carbons (Fsp3) is 0.812. The second-order valence-corrected chi connectivity index (χ2v) is 4.99. The topological polar surface area (TPSA) is 26.3 Å². The van der Waals surface area contributed by atoms with Crippen LogP contribution in [0, 0.1) is 0 Å². The van der Waals surface area contributed by atoms with Gasteiger partial charge in [-0.15, -0.1) is 0 Å². The van der Waals surface area contributed by atoms with Crippen LogP contribution in [0.15, 0.2) is 12.3 Å². The molecule has 0 aliphatic rings. The molecule has 0 unspecified atom stereocenters. The van der Waals surface area contributed by atoms with Gasteiger partial charge in [0.2, 0.25) is 0 Å². The number of hydrogen-bond acceptors (Lipinski definition) is 2. The summed E-state index contributed by atoms with van der Waals surface area (Å²) in [5, 5.41) is 0. The number of unbranched alkanes of at least 4 members (excludes halogenated alkanes) is 10. The number of esters is 1. The minimum atomic E-state index is -0.261. The zero-order chi connectivity index (χ0) is 14.2. The second kappa shape index (κ2) is 15.2. The van der Waals surface area contributed by atoms with Crippen LogP contribution in [0.5, 0.6) is 0 Å². The molecule has 0 atom stereocenters. The van der Waals surface area contributed by atoms with Crippen molar-refractivity contribution in [2.45, 2.75) is 77.6 Å². The third kappa shape index (κ3) is 17.1. The van der Waals surface area contributed by atoms with E-state index in [1.54, 1.807) is 0 Å². The van der Waals surface area contributed by atoms with Crippen molar-refractivity contribution in [1.29, 1.82) is 0 Å². The zero-order valence-electron chi connectivity index (χ0n) is 12.3. The van der Waals surface area contributed by atoms with Gasteiger partial charge in [0.05, 0.1) is 12.9 Å². The lowest BCUT2D eigenvalue weighted by Gasteiger charge is -2.01. The number of halogens is 1. The van der Waals surface area contributed by atoms with E-state index in [-0.39, 0.29) is 12.6 Å².